The lowest BCUT2D eigenvalue weighted by atomic mass is 10.2. The SMILES string of the molecule is CNCc1ccccc1Oc1nccn2nc(C)cc12. The molecule has 0 atom stereocenters. The van der Waals surface area contributed by atoms with E-state index in [0.717, 1.165) is 29.1 Å². The van der Waals surface area contributed by atoms with E-state index >= 15 is 0 Å². The minimum absolute atomic E-state index is 0.566. The largest absolute Gasteiger partial charge is 0.437 e. The van der Waals surface area contributed by atoms with Gasteiger partial charge in [-0.2, -0.15) is 5.10 Å². The molecule has 0 bridgehead atoms. The molecule has 0 aliphatic rings. The maximum Gasteiger partial charge on any atom is 0.245 e. The van der Waals surface area contributed by atoms with Crippen LogP contribution in [-0.4, -0.2) is 21.6 Å². The number of benzene rings is 1. The number of rotatable bonds is 4. The topological polar surface area (TPSA) is 51.5 Å². The quantitative estimate of drug-likeness (QED) is 0.790. The van der Waals surface area contributed by atoms with Gasteiger partial charge in [-0.15, -0.1) is 0 Å². The lowest BCUT2D eigenvalue weighted by molar-refractivity contribution is 0.458. The number of aryl methyl sites for hydroxylation is 1. The lowest BCUT2D eigenvalue weighted by Gasteiger charge is -2.10. The number of hydrogen-bond acceptors (Lipinski definition) is 4. The van der Waals surface area contributed by atoms with Gasteiger partial charge in [0.05, 0.1) is 5.69 Å². The van der Waals surface area contributed by atoms with Crippen molar-refractivity contribution in [2.75, 3.05) is 7.05 Å². The number of para-hydroxylation sites is 1. The molecule has 0 aliphatic heterocycles. The summed E-state index contributed by atoms with van der Waals surface area (Å²) in [6.07, 6.45) is 3.50. The zero-order valence-electron chi connectivity index (χ0n) is 11.5. The molecule has 2 heterocycles. The second kappa shape index (κ2) is 5.30. The molecule has 1 N–H and O–H groups in total. The second-order valence-electron chi connectivity index (χ2n) is 4.59. The summed E-state index contributed by atoms with van der Waals surface area (Å²) in [5, 5.41) is 7.49. The van der Waals surface area contributed by atoms with Crippen molar-refractivity contribution in [1.82, 2.24) is 19.9 Å². The Kier molecular flexibility index (Phi) is 3.35. The highest BCUT2D eigenvalue weighted by atomic mass is 16.5. The van der Waals surface area contributed by atoms with Crippen molar-refractivity contribution in [3.63, 3.8) is 0 Å². The van der Waals surface area contributed by atoms with Gasteiger partial charge in [0.1, 0.15) is 11.3 Å². The molecule has 0 fully saturated rings. The highest BCUT2D eigenvalue weighted by Crippen LogP contribution is 2.27. The summed E-state index contributed by atoms with van der Waals surface area (Å²) >= 11 is 0. The average molecular weight is 268 g/mol. The Morgan fingerprint density at radius 2 is 2.15 bits per heavy atom. The molecular formula is C15H16N4O. The van der Waals surface area contributed by atoms with Crippen molar-refractivity contribution in [3.05, 3.63) is 54.0 Å². The van der Waals surface area contributed by atoms with Crippen LogP contribution in [0.2, 0.25) is 0 Å². The fourth-order valence-corrected chi connectivity index (χ4v) is 2.14. The number of nitrogens with one attached hydrogen (secondary N) is 1. The highest BCUT2D eigenvalue weighted by molar-refractivity contribution is 5.57. The maximum absolute atomic E-state index is 5.98. The summed E-state index contributed by atoms with van der Waals surface area (Å²) in [5.41, 5.74) is 2.89. The van der Waals surface area contributed by atoms with Crippen molar-refractivity contribution in [1.29, 1.82) is 0 Å². The van der Waals surface area contributed by atoms with E-state index in [1.54, 1.807) is 10.7 Å². The Bertz CT molecular complexity index is 736. The first-order valence-corrected chi connectivity index (χ1v) is 6.49. The van der Waals surface area contributed by atoms with E-state index in [4.69, 9.17) is 4.74 Å². The first-order valence-electron chi connectivity index (χ1n) is 6.49. The van der Waals surface area contributed by atoms with Gasteiger partial charge in [0.25, 0.3) is 0 Å². The van der Waals surface area contributed by atoms with Gasteiger partial charge in [0.2, 0.25) is 5.88 Å². The Labute approximate surface area is 117 Å². The first kappa shape index (κ1) is 12.6. The van der Waals surface area contributed by atoms with Gasteiger partial charge in [0, 0.05) is 24.5 Å². The first-order chi connectivity index (χ1) is 9.78. The standard InChI is InChI=1S/C15H16N4O/c1-11-9-13-15(17-7-8-19(13)18-11)20-14-6-4-3-5-12(14)10-16-2/h3-9,16H,10H2,1-2H3. The van der Waals surface area contributed by atoms with Gasteiger partial charge in [0.15, 0.2) is 0 Å². The molecule has 102 valence electrons. The molecule has 0 saturated heterocycles. The van der Waals surface area contributed by atoms with Crippen LogP contribution in [0.15, 0.2) is 42.7 Å². The molecule has 0 aliphatic carbocycles. The Morgan fingerprint density at radius 1 is 1.30 bits per heavy atom. The molecule has 0 saturated carbocycles. The van der Waals surface area contributed by atoms with Gasteiger partial charge < -0.3 is 10.1 Å². The van der Waals surface area contributed by atoms with Crippen LogP contribution in [0, 0.1) is 6.92 Å². The van der Waals surface area contributed by atoms with E-state index in [9.17, 15) is 0 Å². The molecule has 0 spiro atoms. The van der Waals surface area contributed by atoms with Crippen molar-refractivity contribution in [2.45, 2.75) is 13.5 Å². The van der Waals surface area contributed by atoms with E-state index in [-0.39, 0.29) is 0 Å². The predicted molar refractivity (Wildman–Crippen MR) is 77.0 cm³/mol. The summed E-state index contributed by atoms with van der Waals surface area (Å²) < 4.78 is 7.75. The zero-order chi connectivity index (χ0) is 13.9. The van der Waals surface area contributed by atoms with Crippen LogP contribution in [0.25, 0.3) is 5.52 Å². The monoisotopic (exact) mass is 268 g/mol. The van der Waals surface area contributed by atoms with Crippen LogP contribution in [0.1, 0.15) is 11.3 Å². The third kappa shape index (κ3) is 2.35. The van der Waals surface area contributed by atoms with Crippen molar-refractivity contribution < 1.29 is 4.74 Å². The van der Waals surface area contributed by atoms with E-state index in [0.29, 0.717) is 5.88 Å². The Hall–Kier alpha value is -2.40. The predicted octanol–water partition coefficient (Wildman–Crippen LogP) is 2.55. The number of fused-ring (bicyclic) bond motifs is 1. The minimum atomic E-state index is 0.566. The normalized spacial score (nSPS) is 10.9. The van der Waals surface area contributed by atoms with Crippen LogP contribution in [0.3, 0.4) is 0 Å². The molecule has 5 heteroatoms. The van der Waals surface area contributed by atoms with Crippen molar-refractivity contribution in [2.24, 2.45) is 0 Å². The summed E-state index contributed by atoms with van der Waals surface area (Å²) in [7, 11) is 1.91. The molecular weight excluding hydrogens is 252 g/mol. The van der Waals surface area contributed by atoms with Gasteiger partial charge >= 0.3 is 0 Å². The van der Waals surface area contributed by atoms with E-state index in [2.05, 4.69) is 15.4 Å². The Morgan fingerprint density at radius 3 is 3.00 bits per heavy atom. The fraction of sp³-hybridized carbons (Fsp3) is 0.200. The van der Waals surface area contributed by atoms with Gasteiger partial charge in [-0.05, 0) is 26.1 Å². The van der Waals surface area contributed by atoms with Crippen molar-refractivity contribution >= 4 is 5.52 Å². The highest BCUT2D eigenvalue weighted by Gasteiger charge is 2.09. The van der Waals surface area contributed by atoms with Crippen LogP contribution in [0.5, 0.6) is 11.6 Å². The average Bonchev–Trinajstić information content (AvgIpc) is 2.83. The third-order valence-electron chi connectivity index (χ3n) is 3.02. The number of aromatic nitrogens is 3. The number of nitrogens with zero attached hydrogens (tertiary/aromatic N) is 3. The molecule has 5 nitrogen and oxygen atoms in total. The molecule has 20 heavy (non-hydrogen) atoms. The van der Waals surface area contributed by atoms with Crippen LogP contribution in [-0.2, 0) is 6.54 Å². The number of ether oxygens (including phenoxy) is 1. The van der Waals surface area contributed by atoms with Gasteiger partial charge in [-0.25, -0.2) is 9.50 Å². The van der Waals surface area contributed by atoms with Crippen LogP contribution in [0.4, 0.5) is 0 Å². The molecule has 0 unspecified atom stereocenters. The third-order valence-corrected chi connectivity index (χ3v) is 3.02. The Balaban J connectivity index is 2.01. The van der Waals surface area contributed by atoms with E-state index in [1.807, 2.05) is 50.5 Å². The van der Waals surface area contributed by atoms with Crippen LogP contribution >= 0.6 is 0 Å². The second-order valence-corrected chi connectivity index (χ2v) is 4.59. The zero-order valence-corrected chi connectivity index (χ0v) is 11.5. The molecule has 2 aromatic heterocycles. The van der Waals surface area contributed by atoms with E-state index < -0.39 is 0 Å². The molecule has 1 aromatic carbocycles. The molecule has 3 rings (SSSR count). The summed E-state index contributed by atoms with van der Waals surface area (Å²) in [6, 6.07) is 9.89. The lowest BCUT2D eigenvalue weighted by Crippen LogP contribution is -2.06. The van der Waals surface area contributed by atoms with Gasteiger partial charge in [-0.3, -0.25) is 0 Å². The summed E-state index contributed by atoms with van der Waals surface area (Å²) in [6.45, 7) is 2.70. The molecule has 0 radical (unpaired) electrons. The van der Waals surface area contributed by atoms with Crippen molar-refractivity contribution in [3.8, 4) is 11.6 Å². The number of hydrogen-bond donors (Lipinski definition) is 1. The minimum Gasteiger partial charge on any atom is -0.437 e. The van der Waals surface area contributed by atoms with Gasteiger partial charge in [-0.1, -0.05) is 18.2 Å². The fourth-order valence-electron chi connectivity index (χ4n) is 2.14. The van der Waals surface area contributed by atoms with E-state index in [1.165, 1.54) is 0 Å². The summed E-state index contributed by atoms with van der Waals surface area (Å²) in [5.74, 6) is 1.37. The molecule has 0 amide bonds. The summed E-state index contributed by atoms with van der Waals surface area (Å²) in [4.78, 5) is 4.31. The maximum atomic E-state index is 5.98. The smallest absolute Gasteiger partial charge is 0.245 e. The van der Waals surface area contributed by atoms with Crippen LogP contribution < -0.4 is 10.1 Å². The molecule has 3 aromatic rings.